The first-order chi connectivity index (χ1) is 8.63. The predicted molar refractivity (Wildman–Crippen MR) is 72.0 cm³/mol. The highest BCUT2D eigenvalue weighted by Crippen LogP contribution is 2.17. The smallest absolute Gasteiger partial charge is 0.234 e. The van der Waals surface area contributed by atoms with Crippen LogP contribution in [0.5, 0.6) is 0 Å². The summed E-state index contributed by atoms with van der Waals surface area (Å²) < 4.78 is 0. The average molecular weight is 254 g/mol. The van der Waals surface area contributed by atoms with Gasteiger partial charge in [-0.25, -0.2) is 0 Å². The molecule has 18 heavy (non-hydrogen) atoms. The zero-order chi connectivity index (χ0) is 13.0. The van der Waals surface area contributed by atoms with E-state index < -0.39 is 0 Å². The van der Waals surface area contributed by atoms with Crippen molar-refractivity contribution in [3.05, 3.63) is 0 Å². The molecule has 0 aromatic carbocycles. The standard InChI is InChI=1S/C13H26N4O/c14-10-1-3-12(4-2-10)16-13(18)9-17-7-5-11(15)6-8-17/h10-12H,1-9,14-15H2,(H,16,18). The SMILES string of the molecule is NC1CCC(NC(=O)CN2CCC(N)CC2)CC1. The Kier molecular flexibility index (Phi) is 4.97. The first-order valence-corrected chi connectivity index (χ1v) is 7.16. The van der Waals surface area contributed by atoms with E-state index in [2.05, 4.69) is 10.2 Å². The van der Waals surface area contributed by atoms with Crippen LogP contribution >= 0.6 is 0 Å². The lowest BCUT2D eigenvalue weighted by Crippen LogP contribution is -2.47. The fraction of sp³-hybridized carbons (Fsp3) is 0.923. The summed E-state index contributed by atoms with van der Waals surface area (Å²) in [6, 6.07) is 0.996. The Morgan fingerprint density at radius 3 is 2.17 bits per heavy atom. The number of hydrogen-bond donors (Lipinski definition) is 3. The van der Waals surface area contributed by atoms with E-state index in [1.807, 2.05) is 0 Å². The quantitative estimate of drug-likeness (QED) is 0.651. The van der Waals surface area contributed by atoms with Crippen molar-refractivity contribution in [3.63, 3.8) is 0 Å². The van der Waals surface area contributed by atoms with Gasteiger partial charge in [-0.15, -0.1) is 0 Å². The molecule has 1 aliphatic heterocycles. The van der Waals surface area contributed by atoms with Crippen LogP contribution in [0.1, 0.15) is 38.5 Å². The molecule has 0 unspecified atom stereocenters. The minimum atomic E-state index is 0.158. The normalized spacial score (nSPS) is 31.2. The number of carbonyl (C=O) groups excluding carboxylic acids is 1. The molecule has 1 amide bonds. The summed E-state index contributed by atoms with van der Waals surface area (Å²) in [6.45, 7) is 2.42. The summed E-state index contributed by atoms with van der Waals surface area (Å²) in [4.78, 5) is 14.1. The van der Waals surface area contributed by atoms with Crippen molar-refractivity contribution in [2.24, 2.45) is 11.5 Å². The van der Waals surface area contributed by atoms with Crippen LogP contribution in [0.4, 0.5) is 0 Å². The maximum atomic E-state index is 11.9. The number of hydrogen-bond acceptors (Lipinski definition) is 4. The van der Waals surface area contributed by atoms with Crippen molar-refractivity contribution in [3.8, 4) is 0 Å². The molecule has 2 aliphatic rings. The third-order valence-corrected chi connectivity index (χ3v) is 4.14. The maximum absolute atomic E-state index is 11.9. The molecular formula is C13H26N4O. The molecule has 0 aromatic rings. The molecule has 0 spiro atoms. The lowest BCUT2D eigenvalue weighted by molar-refractivity contribution is -0.123. The Balaban J connectivity index is 1.66. The lowest BCUT2D eigenvalue weighted by Gasteiger charge is -2.31. The molecule has 0 bridgehead atoms. The molecule has 1 saturated carbocycles. The van der Waals surface area contributed by atoms with Crippen LogP contribution in [-0.4, -0.2) is 48.6 Å². The second kappa shape index (κ2) is 6.50. The van der Waals surface area contributed by atoms with Gasteiger partial charge in [-0.1, -0.05) is 0 Å². The fourth-order valence-corrected chi connectivity index (χ4v) is 2.85. The zero-order valence-electron chi connectivity index (χ0n) is 11.1. The highest BCUT2D eigenvalue weighted by molar-refractivity contribution is 5.78. The van der Waals surface area contributed by atoms with E-state index in [9.17, 15) is 4.79 Å². The molecule has 0 radical (unpaired) electrons. The first-order valence-electron chi connectivity index (χ1n) is 7.16. The third kappa shape index (κ3) is 4.23. The summed E-state index contributed by atoms with van der Waals surface area (Å²) in [5.41, 5.74) is 11.7. The van der Waals surface area contributed by atoms with E-state index in [0.717, 1.165) is 51.6 Å². The number of nitrogens with two attached hydrogens (primary N) is 2. The predicted octanol–water partition coefficient (Wildman–Crippen LogP) is -0.204. The number of carbonyl (C=O) groups is 1. The van der Waals surface area contributed by atoms with E-state index in [4.69, 9.17) is 11.5 Å². The summed E-state index contributed by atoms with van der Waals surface area (Å²) >= 11 is 0. The summed E-state index contributed by atoms with van der Waals surface area (Å²) in [5, 5.41) is 3.13. The van der Waals surface area contributed by atoms with Crippen molar-refractivity contribution < 1.29 is 4.79 Å². The number of likely N-dealkylation sites (tertiary alicyclic amines) is 1. The maximum Gasteiger partial charge on any atom is 0.234 e. The average Bonchev–Trinajstić information content (AvgIpc) is 2.35. The molecule has 0 aromatic heterocycles. The van der Waals surface area contributed by atoms with Crippen LogP contribution in [0.15, 0.2) is 0 Å². The highest BCUT2D eigenvalue weighted by atomic mass is 16.2. The molecule has 5 nitrogen and oxygen atoms in total. The second-order valence-electron chi connectivity index (χ2n) is 5.79. The van der Waals surface area contributed by atoms with E-state index in [1.165, 1.54) is 0 Å². The number of nitrogens with zero attached hydrogens (tertiary/aromatic N) is 1. The van der Waals surface area contributed by atoms with Crippen LogP contribution in [0.2, 0.25) is 0 Å². The van der Waals surface area contributed by atoms with E-state index >= 15 is 0 Å². The van der Waals surface area contributed by atoms with Crippen molar-refractivity contribution in [2.75, 3.05) is 19.6 Å². The first kappa shape index (κ1) is 13.8. The van der Waals surface area contributed by atoms with Crippen molar-refractivity contribution in [2.45, 2.75) is 56.7 Å². The van der Waals surface area contributed by atoms with Gasteiger partial charge < -0.3 is 16.8 Å². The lowest BCUT2D eigenvalue weighted by atomic mass is 9.92. The number of amides is 1. The number of rotatable bonds is 3. The topological polar surface area (TPSA) is 84.4 Å². The van der Waals surface area contributed by atoms with Crippen molar-refractivity contribution in [1.82, 2.24) is 10.2 Å². The Labute approximate surface area is 109 Å². The van der Waals surface area contributed by atoms with Gasteiger partial charge in [0.05, 0.1) is 6.54 Å². The molecule has 0 atom stereocenters. The van der Waals surface area contributed by atoms with Gasteiger partial charge in [-0.2, -0.15) is 0 Å². The fourth-order valence-electron chi connectivity index (χ4n) is 2.85. The van der Waals surface area contributed by atoms with Crippen LogP contribution in [0.25, 0.3) is 0 Å². The molecule has 5 heteroatoms. The van der Waals surface area contributed by atoms with Crippen LogP contribution in [0.3, 0.4) is 0 Å². The Morgan fingerprint density at radius 2 is 1.56 bits per heavy atom. The molecule has 2 rings (SSSR count). The van der Waals surface area contributed by atoms with Gasteiger partial charge in [-0.05, 0) is 38.5 Å². The van der Waals surface area contributed by atoms with E-state index in [0.29, 0.717) is 24.7 Å². The Bertz CT molecular complexity index is 242. The molecule has 1 aliphatic carbocycles. The van der Waals surface area contributed by atoms with Gasteiger partial charge in [0.1, 0.15) is 0 Å². The van der Waals surface area contributed by atoms with Crippen LogP contribution < -0.4 is 16.8 Å². The van der Waals surface area contributed by atoms with Crippen molar-refractivity contribution in [1.29, 1.82) is 0 Å². The summed E-state index contributed by atoms with van der Waals surface area (Å²) in [6.07, 6.45) is 6.12. The van der Waals surface area contributed by atoms with Gasteiger partial charge in [0.2, 0.25) is 5.91 Å². The molecular weight excluding hydrogens is 228 g/mol. The summed E-state index contributed by atoms with van der Waals surface area (Å²) in [7, 11) is 0. The molecule has 2 fully saturated rings. The number of nitrogens with one attached hydrogen (secondary N) is 1. The van der Waals surface area contributed by atoms with E-state index in [-0.39, 0.29) is 5.91 Å². The Hall–Kier alpha value is -0.650. The highest BCUT2D eigenvalue weighted by Gasteiger charge is 2.22. The Morgan fingerprint density at radius 1 is 1.00 bits per heavy atom. The van der Waals surface area contributed by atoms with Gasteiger partial charge in [0, 0.05) is 31.2 Å². The van der Waals surface area contributed by atoms with Gasteiger partial charge in [-0.3, -0.25) is 9.69 Å². The minimum Gasteiger partial charge on any atom is -0.352 e. The van der Waals surface area contributed by atoms with Gasteiger partial charge in [0.25, 0.3) is 0 Å². The molecule has 104 valence electrons. The molecule has 1 heterocycles. The van der Waals surface area contributed by atoms with Crippen LogP contribution in [0, 0.1) is 0 Å². The van der Waals surface area contributed by atoms with Gasteiger partial charge in [0.15, 0.2) is 0 Å². The monoisotopic (exact) mass is 254 g/mol. The second-order valence-corrected chi connectivity index (χ2v) is 5.79. The zero-order valence-corrected chi connectivity index (χ0v) is 11.1. The summed E-state index contributed by atoms with van der Waals surface area (Å²) in [5.74, 6) is 0.158. The van der Waals surface area contributed by atoms with Crippen molar-refractivity contribution >= 4 is 5.91 Å². The van der Waals surface area contributed by atoms with Gasteiger partial charge >= 0.3 is 0 Å². The molecule has 1 saturated heterocycles. The van der Waals surface area contributed by atoms with Crippen LogP contribution in [-0.2, 0) is 4.79 Å². The number of piperidine rings is 1. The van der Waals surface area contributed by atoms with E-state index in [1.54, 1.807) is 0 Å². The molecule has 5 N–H and O–H groups in total. The largest absolute Gasteiger partial charge is 0.352 e. The third-order valence-electron chi connectivity index (χ3n) is 4.14. The minimum absolute atomic E-state index is 0.158.